The van der Waals surface area contributed by atoms with Crippen molar-refractivity contribution < 1.29 is 14.3 Å². The van der Waals surface area contributed by atoms with Crippen LogP contribution in [0.5, 0.6) is 5.75 Å². The molecule has 130 valence electrons. The van der Waals surface area contributed by atoms with Gasteiger partial charge in [-0.25, -0.2) is 0 Å². The lowest BCUT2D eigenvalue weighted by Gasteiger charge is -2.10. The number of Topliss-reactive ketones (excluding diaryl/α,β-unsaturated/α-hetero) is 1. The van der Waals surface area contributed by atoms with E-state index in [0.29, 0.717) is 22.9 Å². The molecule has 0 aliphatic carbocycles. The van der Waals surface area contributed by atoms with Gasteiger partial charge in [-0.3, -0.25) is 4.79 Å². The van der Waals surface area contributed by atoms with E-state index in [2.05, 4.69) is 0 Å². The zero-order valence-electron chi connectivity index (χ0n) is 14.0. The Hall–Kier alpha value is -2.62. The highest BCUT2D eigenvalue weighted by Gasteiger charge is 2.47. The minimum Gasteiger partial charge on any atom is -0.488 e. The highest BCUT2D eigenvalue weighted by Crippen LogP contribution is 2.44. The first-order chi connectivity index (χ1) is 12.7. The van der Waals surface area contributed by atoms with Gasteiger partial charge in [0, 0.05) is 10.6 Å². The number of ketones is 1. The van der Waals surface area contributed by atoms with E-state index in [0.717, 1.165) is 11.1 Å². The monoisotopic (exact) mass is 364 g/mol. The molecule has 1 aliphatic heterocycles. The summed E-state index contributed by atoms with van der Waals surface area (Å²) in [5, 5.41) is 0.612. The number of carbonyl (C=O) groups is 1. The molecule has 0 N–H and O–H groups in total. The standard InChI is InChI=1S/C22H17ClO3/c23-18-12-6-4-10-16(18)21-22(26-21)20(24)17-11-5-7-13-19(17)25-14-15-8-2-1-3-9-15/h1-13,21-22H,14H2/t21-,22-/m1/s1. The van der Waals surface area contributed by atoms with E-state index >= 15 is 0 Å². The van der Waals surface area contributed by atoms with Crippen molar-refractivity contribution in [2.45, 2.75) is 18.8 Å². The summed E-state index contributed by atoms with van der Waals surface area (Å²) in [5.41, 5.74) is 2.42. The number of para-hydroxylation sites is 1. The van der Waals surface area contributed by atoms with Gasteiger partial charge in [0.05, 0.1) is 5.56 Å². The van der Waals surface area contributed by atoms with Gasteiger partial charge in [-0.15, -0.1) is 0 Å². The van der Waals surface area contributed by atoms with E-state index < -0.39 is 6.10 Å². The van der Waals surface area contributed by atoms with E-state index in [-0.39, 0.29) is 11.9 Å². The van der Waals surface area contributed by atoms with E-state index in [1.807, 2.05) is 66.7 Å². The zero-order chi connectivity index (χ0) is 17.9. The average Bonchev–Trinajstić information content (AvgIpc) is 3.48. The third-order valence-electron chi connectivity index (χ3n) is 4.35. The molecular weight excluding hydrogens is 348 g/mol. The van der Waals surface area contributed by atoms with E-state index in [1.54, 1.807) is 12.1 Å². The SMILES string of the molecule is O=C(c1ccccc1OCc1ccccc1)[C@H]1O[C@@H]1c1ccccc1Cl. The molecule has 1 aliphatic rings. The highest BCUT2D eigenvalue weighted by atomic mass is 35.5. The summed E-state index contributed by atoms with van der Waals surface area (Å²) >= 11 is 6.21. The molecule has 0 saturated carbocycles. The Labute approximate surface area is 157 Å². The summed E-state index contributed by atoms with van der Waals surface area (Å²) in [6.07, 6.45) is -0.810. The van der Waals surface area contributed by atoms with Crippen molar-refractivity contribution in [3.8, 4) is 5.75 Å². The van der Waals surface area contributed by atoms with Crippen molar-refractivity contribution >= 4 is 17.4 Å². The molecule has 4 heteroatoms. The number of rotatable bonds is 6. The number of hydrogen-bond acceptors (Lipinski definition) is 3. The fourth-order valence-corrected chi connectivity index (χ4v) is 3.18. The van der Waals surface area contributed by atoms with E-state index in [1.165, 1.54) is 0 Å². The van der Waals surface area contributed by atoms with Crippen LogP contribution in [-0.2, 0) is 11.3 Å². The van der Waals surface area contributed by atoms with Crippen LogP contribution in [0, 0.1) is 0 Å². The van der Waals surface area contributed by atoms with Gasteiger partial charge in [0.25, 0.3) is 0 Å². The third kappa shape index (κ3) is 3.50. The number of epoxide rings is 1. The van der Waals surface area contributed by atoms with Crippen molar-refractivity contribution in [1.29, 1.82) is 0 Å². The summed E-state index contributed by atoms with van der Waals surface area (Å²) in [6.45, 7) is 0.407. The molecule has 3 aromatic rings. The Bertz CT molecular complexity index is 923. The molecule has 0 radical (unpaired) electrons. The first kappa shape index (κ1) is 16.8. The molecule has 4 rings (SSSR count). The maximum absolute atomic E-state index is 12.9. The van der Waals surface area contributed by atoms with Crippen LogP contribution in [0.4, 0.5) is 0 Å². The summed E-state index contributed by atoms with van der Waals surface area (Å²) in [6, 6.07) is 24.6. The summed E-state index contributed by atoms with van der Waals surface area (Å²) in [5.74, 6) is 0.480. The molecule has 2 atom stereocenters. The topological polar surface area (TPSA) is 38.8 Å². The highest BCUT2D eigenvalue weighted by molar-refractivity contribution is 6.31. The minimum atomic E-state index is -0.517. The number of carbonyl (C=O) groups excluding carboxylic acids is 1. The van der Waals surface area contributed by atoms with Gasteiger partial charge >= 0.3 is 0 Å². The number of hydrogen-bond donors (Lipinski definition) is 0. The Morgan fingerprint density at radius 1 is 0.923 bits per heavy atom. The number of halogens is 1. The van der Waals surface area contributed by atoms with E-state index in [4.69, 9.17) is 21.1 Å². The molecular formula is C22H17ClO3. The van der Waals surface area contributed by atoms with Crippen LogP contribution in [0.1, 0.15) is 27.6 Å². The van der Waals surface area contributed by atoms with Gasteiger partial charge in [-0.1, -0.05) is 72.3 Å². The van der Waals surface area contributed by atoms with Gasteiger partial charge in [-0.05, 0) is 23.8 Å². The predicted molar refractivity (Wildman–Crippen MR) is 101 cm³/mol. The second-order valence-corrected chi connectivity index (χ2v) is 6.54. The van der Waals surface area contributed by atoms with Crippen molar-refractivity contribution in [2.75, 3.05) is 0 Å². The quantitative estimate of drug-likeness (QED) is 0.443. The van der Waals surface area contributed by atoms with Crippen LogP contribution in [-0.4, -0.2) is 11.9 Å². The van der Waals surface area contributed by atoms with Gasteiger partial charge in [-0.2, -0.15) is 0 Å². The van der Waals surface area contributed by atoms with Crippen LogP contribution < -0.4 is 4.74 Å². The summed E-state index contributed by atoms with van der Waals surface area (Å²) in [7, 11) is 0. The second-order valence-electron chi connectivity index (χ2n) is 6.13. The molecule has 26 heavy (non-hydrogen) atoms. The lowest BCUT2D eigenvalue weighted by molar-refractivity contribution is 0.0949. The van der Waals surface area contributed by atoms with Crippen molar-refractivity contribution in [3.63, 3.8) is 0 Å². The zero-order valence-corrected chi connectivity index (χ0v) is 14.7. The first-order valence-electron chi connectivity index (χ1n) is 8.44. The van der Waals surface area contributed by atoms with Crippen LogP contribution in [0.25, 0.3) is 0 Å². The molecule has 0 spiro atoms. The number of benzene rings is 3. The molecule has 1 saturated heterocycles. The largest absolute Gasteiger partial charge is 0.488 e. The van der Waals surface area contributed by atoms with Crippen LogP contribution >= 0.6 is 11.6 Å². The van der Waals surface area contributed by atoms with Gasteiger partial charge in [0.15, 0.2) is 11.9 Å². The molecule has 1 fully saturated rings. The molecule has 0 unspecified atom stereocenters. The minimum absolute atomic E-state index is 0.0846. The average molecular weight is 365 g/mol. The fraction of sp³-hybridized carbons (Fsp3) is 0.136. The Kier molecular flexibility index (Phi) is 4.74. The third-order valence-corrected chi connectivity index (χ3v) is 4.70. The summed E-state index contributed by atoms with van der Waals surface area (Å²) < 4.78 is 11.5. The smallest absolute Gasteiger partial charge is 0.198 e. The Morgan fingerprint density at radius 3 is 2.42 bits per heavy atom. The maximum Gasteiger partial charge on any atom is 0.198 e. The predicted octanol–water partition coefficient (Wildman–Crippen LogP) is 5.24. The molecule has 0 amide bonds. The summed E-state index contributed by atoms with van der Waals surface area (Å²) in [4.78, 5) is 12.9. The molecule has 0 bridgehead atoms. The second kappa shape index (κ2) is 7.32. The fourth-order valence-electron chi connectivity index (χ4n) is 2.94. The van der Waals surface area contributed by atoms with Crippen molar-refractivity contribution in [3.05, 3.63) is 101 Å². The van der Waals surface area contributed by atoms with Crippen LogP contribution in [0.15, 0.2) is 78.9 Å². The lowest BCUT2D eigenvalue weighted by Crippen LogP contribution is -2.11. The van der Waals surface area contributed by atoms with Gasteiger partial charge < -0.3 is 9.47 Å². The molecule has 3 nitrogen and oxygen atoms in total. The molecule has 3 aromatic carbocycles. The number of ether oxygens (including phenoxy) is 2. The van der Waals surface area contributed by atoms with Crippen LogP contribution in [0.2, 0.25) is 5.02 Å². The Morgan fingerprint density at radius 2 is 1.62 bits per heavy atom. The van der Waals surface area contributed by atoms with Crippen molar-refractivity contribution in [1.82, 2.24) is 0 Å². The van der Waals surface area contributed by atoms with Gasteiger partial charge in [0.2, 0.25) is 0 Å². The van der Waals surface area contributed by atoms with E-state index in [9.17, 15) is 4.79 Å². The van der Waals surface area contributed by atoms with Crippen molar-refractivity contribution in [2.24, 2.45) is 0 Å². The first-order valence-corrected chi connectivity index (χ1v) is 8.81. The molecule has 1 heterocycles. The van der Waals surface area contributed by atoms with Gasteiger partial charge in [0.1, 0.15) is 18.5 Å². The molecule has 0 aromatic heterocycles. The lowest BCUT2D eigenvalue weighted by atomic mass is 10.0. The normalized spacial score (nSPS) is 18.3. The van der Waals surface area contributed by atoms with Crippen LogP contribution in [0.3, 0.4) is 0 Å². The Balaban J connectivity index is 1.50. The maximum atomic E-state index is 12.9.